The van der Waals surface area contributed by atoms with Crippen molar-refractivity contribution in [2.75, 3.05) is 13.1 Å². The molecule has 0 aliphatic heterocycles. The second-order valence-corrected chi connectivity index (χ2v) is 5.24. The third-order valence-electron chi connectivity index (χ3n) is 3.06. The van der Waals surface area contributed by atoms with E-state index in [9.17, 15) is 0 Å². The lowest BCUT2D eigenvalue weighted by atomic mass is 10.1. The normalized spacial score (nSPS) is 12.8. The molecule has 4 heteroatoms. The van der Waals surface area contributed by atoms with Crippen molar-refractivity contribution >= 4 is 11.3 Å². The summed E-state index contributed by atoms with van der Waals surface area (Å²) in [6.45, 7) is 4.72. The van der Waals surface area contributed by atoms with Crippen molar-refractivity contribution in [3.8, 4) is 0 Å². The predicted octanol–water partition coefficient (Wildman–Crippen LogP) is 2.67. The molecule has 0 bridgehead atoms. The minimum atomic E-state index is 0.362. The number of aromatic nitrogens is 1. The molecule has 1 aromatic carbocycles. The molecule has 1 unspecified atom stereocenters. The van der Waals surface area contributed by atoms with Gasteiger partial charge in [-0.15, -0.1) is 11.3 Å². The average Bonchev–Trinajstić information content (AvgIpc) is 2.92. The molecule has 3 nitrogen and oxygen atoms in total. The standard InChI is InChI=1S/C14H19N3S/c1-12(14-9-16-11-18-14)17(8-7-15)10-13-5-3-2-4-6-13/h2-6,9,11-12H,7-8,10,15H2,1H3. The third-order valence-corrected chi connectivity index (χ3v) is 4.00. The van der Waals surface area contributed by atoms with Crippen LogP contribution in [0.3, 0.4) is 0 Å². The molecule has 0 saturated heterocycles. The highest BCUT2D eigenvalue weighted by Gasteiger charge is 2.16. The molecular formula is C14H19N3S. The molecule has 2 aromatic rings. The van der Waals surface area contributed by atoms with Crippen LogP contribution < -0.4 is 5.73 Å². The molecule has 2 rings (SSSR count). The molecular weight excluding hydrogens is 242 g/mol. The molecule has 18 heavy (non-hydrogen) atoms. The van der Waals surface area contributed by atoms with Gasteiger partial charge >= 0.3 is 0 Å². The highest BCUT2D eigenvalue weighted by Crippen LogP contribution is 2.24. The number of hydrogen-bond acceptors (Lipinski definition) is 4. The van der Waals surface area contributed by atoms with E-state index < -0.39 is 0 Å². The molecule has 0 fully saturated rings. The van der Waals surface area contributed by atoms with Gasteiger partial charge in [0.25, 0.3) is 0 Å². The topological polar surface area (TPSA) is 42.2 Å². The van der Waals surface area contributed by atoms with Crippen LogP contribution in [0.5, 0.6) is 0 Å². The van der Waals surface area contributed by atoms with Gasteiger partial charge in [0.2, 0.25) is 0 Å². The van der Waals surface area contributed by atoms with Crippen LogP contribution in [0.1, 0.15) is 23.4 Å². The summed E-state index contributed by atoms with van der Waals surface area (Å²) in [4.78, 5) is 7.84. The lowest BCUT2D eigenvalue weighted by molar-refractivity contribution is 0.210. The maximum atomic E-state index is 5.72. The van der Waals surface area contributed by atoms with Gasteiger partial charge in [-0.3, -0.25) is 9.88 Å². The van der Waals surface area contributed by atoms with Crippen molar-refractivity contribution in [1.29, 1.82) is 0 Å². The van der Waals surface area contributed by atoms with Crippen molar-refractivity contribution in [1.82, 2.24) is 9.88 Å². The van der Waals surface area contributed by atoms with Gasteiger partial charge in [-0.25, -0.2) is 0 Å². The molecule has 0 aliphatic carbocycles. The van der Waals surface area contributed by atoms with E-state index in [1.165, 1.54) is 10.4 Å². The third kappa shape index (κ3) is 3.38. The van der Waals surface area contributed by atoms with Crippen LogP contribution in [0, 0.1) is 0 Å². The van der Waals surface area contributed by atoms with Crippen molar-refractivity contribution < 1.29 is 0 Å². The molecule has 1 aromatic heterocycles. The summed E-state index contributed by atoms with van der Waals surface area (Å²) < 4.78 is 0. The Bertz CT molecular complexity index is 441. The van der Waals surface area contributed by atoms with Gasteiger partial charge in [-0.1, -0.05) is 30.3 Å². The summed E-state index contributed by atoms with van der Waals surface area (Å²) in [6, 6.07) is 10.9. The van der Waals surface area contributed by atoms with E-state index in [-0.39, 0.29) is 0 Å². The molecule has 1 atom stereocenters. The lowest BCUT2D eigenvalue weighted by Gasteiger charge is -2.27. The van der Waals surface area contributed by atoms with E-state index in [1.54, 1.807) is 11.3 Å². The highest BCUT2D eigenvalue weighted by molar-refractivity contribution is 7.09. The van der Waals surface area contributed by atoms with Crippen LogP contribution in [0.15, 0.2) is 42.0 Å². The Labute approximate surface area is 112 Å². The zero-order valence-electron chi connectivity index (χ0n) is 10.6. The second-order valence-electron chi connectivity index (χ2n) is 4.32. The summed E-state index contributed by atoms with van der Waals surface area (Å²) >= 11 is 1.70. The number of thiazole rings is 1. The Kier molecular flexibility index (Phi) is 4.87. The van der Waals surface area contributed by atoms with Crippen LogP contribution in [0.4, 0.5) is 0 Å². The van der Waals surface area contributed by atoms with Gasteiger partial charge in [-0.05, 0) is 12.5 Å². The summed E-state index contributed by atoms with van der Waals surface area (Å²) in [5, 5.41) is 0. The Balaban J connectivity index is 2.08. The van der Waals surface area contributed by atoms with Crippen LogP contribution in [-0.4, -0.2) is 23.0 Å². The first-order chi connectivity index (χ1) is 8.81. The Hall–Kier alpha value is -1.23. The molecule has 0 aliphatic rings. The van der Waals surface area contributed by atoms with Gasteiger partial charge in [0.1, 0.15) is 0 Å². The summed E-state index contributed by atoms with van der Waals surface area (Å²) in [5.74, 6) is 0. The van der Waals surface area contributed by atoms with Crippen molar-refractivity contribution in [2.24, 2.45) is 5.73 Å². The fraction of sp³-hybridized carbons (Fsp3) is 0.357. The molecule has 96 valence electrons. The fourth-order valence-electron chi connectivity index (χ4n) is 2.01. The number of nitrogens with two attached hydrogens (primary N) is 1. The van der Waals surface area contributed by atoms with Gasteiger partial charge < -0.3 is 5.73 Å². The number of benzene rings is 1. The Morgan fingerprint density at radius 2 is 2.11 bits per heavy atom. The number of rotatable bonds is 6. The fourth-order valence-corrected chi connectivity index (χ4v) is 2.72. The van der Waals surface area contributed by atoms with Crippen LogP contribution in [0.2, 0.25) is 0 Å². The maximum Gasteiger partial charge on any atom is 0.0794 e. The van der Waals surface area contributed by atoms with E-state index >= 15 is 0 Å². The van der Waals surface area contributed by atoms with Gasteiger partial charge in [0.05, 0.1) is 5.51 Å². The molecule has 1 heterocycles. The maximum absolute atomic E-state index is 5.72. The van der Waals surface area contributed by atoms with E-state index in [0.717, 1.165) is 13.1 Å². The van der Waals surface area contributed by atoms with E-state index in [0.29, 0.717) is 12.6 Å². The first kappa shape index (κ1) is 13.2. The summed E-state index contributed by atoms with van der Waals surface area (Å²) in [7, 11) is 0. The number of nitrogens with zero attached hydrogens (tertiary/aromatic N) is 2. The number of hydrogen-bond donors (Lipinski definition) is 1. The van der Waals surface area contributed by atoms with E-state index in [4.69, 9.17) is 5.73 Å². The van der Waals surface area contributed by atoms with Gasteiger partial charge in [0, 0.05) is 36.8 Å². The summed E-state index contributed by atoms with van der Waals surface area (Å²) in [5.41, 5.74) is 8.93. The van der Waals surface area contributed by atoms with Crippen molar-refractivity contribution in [3.63, 3.8) is 0 Å². The predicted molar refractivity (Wildman–Crippen MR) is 76.4 cm³/mol. The van der Waals surface area contributed by atoms with Crippen LogP contribution in [0.25, 0.3) is 0 Å². The zero-order valence-corrected chi connectivity index (χ0v) is 11.4. The van der Waals surface area contributed by atoms with E-state index in [1.807, 2.05) is 17.8 Å². The molecule has 2 N–H and O–H groups in total. The average molecular weight is 261 g/mol. The molecule has 0 radical (unpaired) electrons. The molecule has 0 spiro atoms. The van der Waals surface area contributed by atoms with Crippen molar-refractivity contribution in [2.45, 2.75) is 19.5 Å². The minimum Gasteiger partial charge on any atom is -0.329 e. The highest BCUT2D eigenvalue weighted by atomic mass is 32.1. The Morgan fingerprint density at radius 3 is 2.72 bits per heavy atom. The zero-order chi connectivity index (χ0) is 12.8. The van der Waals surface area contributed by atoms with Crippen molar-refractivity contribution in [3.05, 3.63) is 52.5 Å². The summed E-state index contributed by atoms with van der Waals surface area (Å²) in [6.07, 6.45) is 1.95. The van der Waals surface area contributed by atoms with Crippen LogP contribution in [-0.2, 0) is 6.54 Å². The SMILES string of the molecule is CC(c1cncs1)N(CCN)Cc1ccccc1. The quantitative estimate of drug-likeness (QED) is 0.869. The van der Waals surface area contributed by atoms with Crippen LogP contribution >= 0.6 is 11.3 Å². The Morgan fingerprint density at radius 1 is 1.33 bits per heavy atom. The molecule has 0 amide bonds. The first-order valence-electron chi connectivity index (χ1n) is 6.17. The minimum absolute atomic E-state index is 0.362. The first-order valence-corrected chi connectivity index (χ1v) is 7.05. The lowest BCUT2D eigenvalue weighted by Crippen LogP contribution is -2.31. The second kappa shape index (κ2) is 6.64. The van der Waals surface area contributed by atoms with E-state index in [2.05, 4.69) is 41.1 Å². The largest absolute Gasteiger partial charge is 0.329 e. The smallest absolute Gasteiger partial charge is 0.0794 e. The van der Waals surface area contributed by atoms with Gasteiger partial charge in [-0.2, -0.15) is 0 Å². The van der Waals surface area contributed by atoms with Gasteiger partial charge in [0.15, 0.2) is 0 Å². The molecule has 0 saturated carbocycles. The monoisotopic (exact) mass is 261 g/mol.